The number of nitrogens with one attached hydrogen (secondary N) is 1. The smallest absolute Gasteiger partial charge is 0.148 e. The summed E-state index contributed by atoms with van der Waals surface area (Å²) in [6.07, 6.45) is 3.58. The second-order valence-corrected chi connectivity index (χ2v) is 5.02. The van der Waals surface area contributed by atoms with Crippen molar-refractivity contribution in [1.82, 2.24) is 29.9 Å². The van der Waals surface area contributed by atoms with Crippen LogP contribution in [0.5, 0.6) is 0 Å². The van der Waals surface area contributed by atoms with E-state index in [0.29, 0.717) is 12.5 Å². The van der Waals surface area contributed by atoms with E-state index in [4.69, 9.17) is 0 Å². The number of hydrogen-bond donors (Lipinski definition) is 1. The average Bonchev–Trinajstić information content (AvgIpc) is 2.98. The van der Waals surface area contributed by atoms with E-state index in [1.165, 1.54) is 0 Å². The molecule has 2 heterocycles. The van der Waals surface area contributed by atoms with Crippen LogP contribution in [-0.2, 0) is 19.6 Å². The summed E-state index contributed by atoms with van der Waals surface area (Å²) < 4.78 is 3.79. The monoisotopic (exact) mass is 262 g/mol. The van der Waals surface area contributed by atoms with Gasteiger partial charge in [-0.15, -0.1) is 0 Å². The number of nitrogens with zero attached hydrogens (tertiary/aromatic N) is 5. The summed E-state index contributed by atoms with van der Waals surface area (Å²) >= 11 is 0. The van der Waals surface area contributed by atoms with Gasteiger partial charge < -0.3 is 5.32 Å². The van der Waals surface area contributed by atoms with Gasteiger partial charge >= 0.3 is 0 Å². The third-order valence-electron chi connectivity index (χ3n) is 2.85. The molecule has 0 aliphatic rings. The van der Waals surface area contributed by atoms with Crippen LogP contribution in [0.25, 0.3) is 0 Å². The highest BCUT2D eigenvalue weighted by Crippen LogP contribution is 2.01. The third-order valence-corrected chi connectivity index (χ3v) is 2.85. The first-order valence-electron chi connectivity index (χ1n) is 6.78. The van der Waals surface area contributed by atoms with Crippen molar-refractivity contribution >= 4 is 0 Å². The van der Waals surface area contributed by atoms with Crippen LogP contribution in [0.4, 0.5) is 0 Å². The third kappa shape index (κ3) is 3.89. The average molecular weight is 262 g/mol. The SMILES string of the molecule is CCn1ncnc1Cn1ccc(CNCC(C)C)n1. The Labute approximate surface area is 113 Å². The van der Waals surface area contributed by atoms with E-state index in [9.17, 15) is 0 Å². The van der Waals surface area contributed by atoms with Crippen molar-refractivity contribution in [1.29, 1.82) is 0 Å². The summed E-state index contributed by atoms with van der Waals surface area (Å²) in [7, 11) is 0. The summed E-state index contributed by atoms with van der Waals surface area (Å²) in [4.78, 5) is 4.25. The van der Waals surface area contributed by atoms with Crippen molar-refractivity contribution in [3.8, 4) is 0 Å². The molecule has 1 N–H and O–H groups in total. The Morgan fingerprint density at radius 2 is 2.21 bits per heavy atom. The number of rotatable bonds is 7. The lowest BCUT2D eigenvalue weighted by Gasteiger charge is -2.05. The maximum absolute atomic E-state index is 4.53. The molecule has 0 bridgehead atoms. The van der Waals surface area contributed by atoms with Crippen molar-refractivity contribution in [2.45, 2.75) is 40.4 Å². The molecule has 6 heteroatoms. The van der Waals surface area contributed by atoms with Crippen LogP contribution in [0.2, 0.25) is 0 Å². The van der Waals surface area contributed by atoms with E-state index < -0.39 is 0 Å². The molecule has 0 aromatic carbocycles. The molecule has 104 valence electrons. The summed E-state index contributed by atoms with van der Waals surface area (Å²) in [5.41, 5.74) is 1.06. The van der Waals surface area contributed by atoms with Crippen LogP contribution < -0.4 is 5.32 Å². The number of hydrogen-bond acceptors (Lipinski definition) is 4. The lowest BCUT2D eigenvalue weighted by molar-refractivity contribution is 0.536. The Bertz CT molecular complexity index is 499. The summed E-state index contributed by atoms with van der Waals surface area (Å²) in [5, 5.41) is 12.1. The van der Waals surface area contributed by atoms with E-state index in [1.807, 2.05) is 21.6 Å². The Kier molecular flexibility index (Phi) is 4.68. The van der Waals surface area contributed by atoms with Gasteiger partial charge in [-0.2, -0.15) is 10.2 Å². The molecule has 19 heavy (non-hydrogen) atoms. The molecule has 0 aliphatic carbocycles. The molecule has 6 nitrogen and oxygen atoms in total. The van der Waals surface area contributed by atoms with Crippen LogP contribution in [0.3, 0.4) is 0 Å². The minimum atomic E-state index is 0.658. The van der Waals surface area contributed by atoms with Gasteiger partial charge in [0.2, 0.25) is 0 Å². The Morgan fingerprint density at radius 1 is 1.37 bits per heavy atom. The fourth-order valence-electron chi connectivity index (χ4n) is 1.89. The molecule has 0 radical (unpaired) electrons. The summed E-state index contributed by atoms with van der Waals surface area (Å²) in [5.74, 6) is 1.59. The molecular formula is C13H22N6. The van der Waals surface area contributed by atoms with Crippen LogP contribution in [-0.4, -0.2) is 31.1 Å². The van der Waals surface area contributed by atoms with Gasteiger partial charge in [-0.25, -0.2) is 9.67 Å². The highest BCUT2D eigenvalue weighted by molar-refractivity contribution is 5.00. The zero-order chi connectivity index (χ0) is 13.7. The largest absolute Gasteiger partial charge is 0.311 e. The van der Waals surface area contributed by atoms with Crippen molar-refractivity contribution in [3.05, 3.63) is 30.1 Å². The molecular weight excluding hydrogens is 240 g/mol. The van der Waals surface area contributed by atoms with Gasteiger partial charge in [0, 0.05) is 19.3 Å². The topological polar surface area (TPSA) is 60.6 Å². The first kappa shape index (κ1) is 13.7. The van der Waals surface area contributed by atoms with E-state index in [0.717, 1.165) is 31.2 Å². The predicted molar refractivity (Wildman–Crippen MR) is 73.6 cm³/mol. The van der Waals surface area contributed by atoms with Crippen molar-refractivity contribution in [3.63, 3.8) is 0 Å². The maximum atomic E-state index is 4.53. The molecule has 2 aromatic rings. The molecule has 0 amide bonds. The summed E-state index contributed by atoms with van der Waals surface area (Å²) in [6.45, 7) is 9.77. The highest BCUT2D eigenvalue weighted by atomic mass is 15.4. The lowest BCUT2D eigenvalue weighted by Crippen LogP contribution is -2.19. The quantitative estimate of drug-likeness (QED) is 0.817. The van der Waals surface area contributed by atoms with Crippen LogP contribution in [0, 0.1) is 5.92 Å². The first-order chi connectivity index (χ1) is 9.19. The Balaban J connectivity index is 1.90. The Hall–Kier alpha value is -1.69. The van der Waals surface area contributed by atoms with Gasteiger partial charge in [-0.1, -0.05) is 13.8 Å². The molecule has 0 spiro atoms. The standard InChI is InChI=1S/C13H22N6/c1-4-19-13(15-10-16-19)9-18-6-5-12(17-18)8-14-7-11(2)3/h5-6,10-11,14H,4,7-9H2,1-3H3. The van der Waals surface area contributed by atoms with Gasteiger partial charge in [0.1, 0.15) is 18.7 Å². The van der Waals surface area contributed by atoms with Crippen molar-refractivity contribution < 1.29 is 0 Å². The maximum Gasteiger partial charge on any atom is 0.148 e. The fraction of sp³-hybridized carbons (Fsp3) is 0.615. The van der Waals surface area contributed by atoms with E-state index >= 15 is 0 Å². The van der Waals surface area contributed by atoms with Crippen molar-refractivity contribution in [2.75, 3.05) is 6.54 Å². The molecule has 0 saturated carbocycles. The normalized spacial score (nSPS) is 11.4. The molecule has 0 atom stereocenters. The summed E-state index contributed by atoms with van der Waals surface area (Å²) in [6, 6.07) is 2.04. The minimum Gasteiger partial charge on any atom is -0.311 e. The zero-order valence-electron chi connectivity index (χ0n) is 11.9. The molecule has 0 saturated heterocycles. The van der Waals surface area contributed by atoms with Crippen LogP contribution in [0.1, 0.15) is 32.3 Å². The van der Waals surface area contributed by atoms with E-state index in [-0.39, 0.29) is 0 Å². The van der Waals surface area contributed by atoms with Crippen LogP contribution in [0.15, 0.2) is 18.6 Å². The van der Waals surface area contributed by atoms with Gasteiger partial charge in [0.25, 0.3) is 0 Å². The fourth-order valence-corrected chi connectivity index (χ4v) is 1.89. The molecule has 0 aliphatic heterocycles. The second-order valence-electron chi connectivity index (χ2n) is 5.02. The highest BCUT2D eigenvalue weighted by Gasteiger charge is 2.05. The Morgan fingerprint density at radius 3 is 2.95 bits per heavy atom. The molecule has 0 unspecified atom stereocenters. The first-order valence-corrected chi connectivity index (χ1v) is 6.78. The zero-order valence-corrected chi connectivity index (χ0v) is 11.9. The predicted octanol–water partition coefficient (Wildman–Crippen LogP) is 1.29. The van der Waals surface area contributed by atoms with Gasteiger partial charge in [-0.3, -0.25) is 4.68 Å². The molecule has 2 aromatic heterocycles. The van der Waals surface area contributed by atoms with E-state index in [1.54, 1.807) is 6.33 Å². The van der Waals surface area contributed by atoms with Crippen LogP contribution >= 0.6 is 0 Å². The minimum absolute atomic E-state index is 0.658. The lowest BCUT2D eigenvalue weighted by atomic mass is 10.2. The second kappa shape index (κ2) is 6.47. The van der Waals surface area contributed by atoms with Crippen molar-refractivity contribution in [2.24, 2.45) is 5.92 Å². The molecule has 0 fully saturated rings. The number of aryl methyl sites for hydroxylation is 1. The van der Waals surface area contributed by atoms with Gasteiger partial charge in [0.05, 0.1) is 5.69 Å². The van der Waals surface area contributed by atoms with Gasteiger partial charge in [-0.05, 0) is 25.5 Å². The van der Waals surface area contributed by atoms with Gasteiger partial charge in [0.15, 0.2) is 0 Å². The van der Waals surface area contributed by atoms with E-state index in [2.05, 4.69) is 41.3 Å². The number of aromatic nitrogens is 5. The molecule has 2 rings (SSSR count).